The number of pyridine rings is 1. The number of primary amides is 1. The maximum atomic E-state index is 12.7. The predicted octanol–water partition coefficient (Wildman–Crippen LogP) is 2.48. The van der Waals surface area contributed by atoms with Crippen LogP contribution in [0.25, 0.3) is 21.9 Å². The molecule has 4 rings (SSSR count). The molecule has 134 valence electrons. The highest BCUT2D eigenvalue weighted by molar-refractivity contribution is 6.05. The zero-order chi connectivity index (χ0) is 19.1. The van der Waals surface area contributed by atoms with Gasteiger partial charge in [0.2, 0.25) is 5.91 Å². The van der Waals surface area contributed by atoms with Crippen molar-refractivity contribution in [3.63, 3.8) is 0 Å². The fraction of sp³-hybridized carbons (Fsp3) is 0.0952. The van der Waals surface area contributed by atoms with Crippen molar-refractivity contribution in [1.82, 2.24) is 9.88 Å². The number of amides is 2. The Morgan fingerprint density at radius 3 is 2.70 bits per heavy atom. The first kappa shape index (κ1) is 16.8. The van der Waals surface area contributed by atoms with Gasteiger partial charge in [0, 0.05) is 29.4 Å². The third-order valence-corrected chi connectivity index (χ3v) is 4.88. The number of nitrogen functional groups attached to an aromatic ring is 1. The number of hydrogen-bond acceptors (Lipinski definition) is 4. The molecule has 1 aliphatic rings. The summed E-state index contributed by atoms with van der Waals surface area (Å²) in [6.07, 6.45) is 1.65. The first-order valence-electron chi connectivity index (χ1n) is 8.49. The number of aromatic nitrogens is 1. The van der Waals surface area contributed by atoms with E-state index < -0.39 is 5.91 Å². The minimum Gasteiger partial charge on any atom is -0.383 e. The van der Waals surface area contributed by atoms with Gasteiger partial charge in [0.05, 0.1) is 6.54 Å². The van der Waals surface area contributed by atoms with Crippen molar-refractivity contribution in [1.29, 1.82) is 0 Å². The molecule has 0 radical (unpaired) electrons. The van der Waals surface area contributed by atoms with Crippen molar-refractivity contribution >= 4 is 28.4 Å². The summed E-state index contributed by atoms with van der Waals surface area (Å²) in [6.45, 7) is 4.18. The van der Waals surface area contributed by atoms with Gasteiger partial charge in [-0.15, -0.1) is 0 Å². The third-order valence-electron chi connectivity index (χ3n) is 4.88. The Morgan fingerprint density at radius 2 is 1.96 bits per heavy atom. The lowest BCUT2D eigenvalue weighted by atomic mass is 9.96. The standard InChI is InChI=1S/C21H18N4O2/c1-12(20(23)26)10-25-11-18-16(21(25)27)7-6-13-4-5-14(9-17(13)18)15-3-2-8-24-19(15)22/h2-9H,1,10-11H2,(H2,22,24)(H2,23,26). The predicted molar refractivity (Wildman–Crippen MR) is 105 cm³/mol. The van der Waals surface area contributed by atoms with Crippen molar-refractivity contribution in [2.45, 2.75) is 6.54 Å². The summed E-state index contributed by atoms with van der Waals surface area (Å²) in [6, 6.07) is 13.5. The monoisotopic (exact) mass is 358 g/mol. The van der Waals surface area contributed by atoms with Crippen LogP contribution in [0.4, 0.5) is 5.82 Å². The van der Waals surface area contributed by atoms with Crippen LogP contribution in [0, 0.1) is 0 Å². The van der Waals surface area contributed by atoms with Crippen molar-refractivity contribution < 1.29 is 9.59 Å². The second-order valence-corrected chi connectivity index (χ2v) is 6.59. The van der Waals surface area contributed by atoms with Crippen LogP contribution >= 0.6 is 0 Å². The van der Waals surface area contributed by atoms with E-state index in [0.29, 0.717) is 17.9 Å². The topological polar surface area (TPSA) is 102 Å². The quantitative estimate of drug-likeness (QED) is 0.699. The largest absolute Gasteiger partial charge is 0.383 e. The number of fused-ring (bicyclic) bond motifs is 3. The van der Waals surface area contributed by atoms with Gasteiger partial charge >= 0.3 is 0 Å². The average molecular weight is 358 g/mol. The Labute approximate surface area is 156 Å². The Balaban J connectivity index is 1.79. The van der Waals surface area contributed by atoms with E-state index in [0.717, 1.165) is 27.5 Å². The number of nitrogens with zero attached hydrogens (tertiary/aromatic N) is 2. The average Bonchev–Trinajstić information content (AvgIpc) is 2.98. The molecular formula is C21H18N4O2. The Morgan fingerprint density at radius 1 is 1.19 bits per heavy atom. The van der Waals surface area contributed by atoms with Crippen molar-refractivity contribution in [2.24, 2.45) is 5.73 Å². The molecular weight excluding hydrogens is 340 g/mol. The van der Waals surface area contributed by atoms with Gasteiger partial charge < -0.3 is 16.4 Å². The molecule has 1 aromatic heterocycles. The molecule has 6 heteroatoms. The van der Waals surface area contributed by atoms with Gasteiger partial charge in [-0.1, -0.05) is 24.8 Å². The molecule has 2 amide bonds. The molecule has 6 nitrogen and oxygen atoms in total. The van der Waals surface area contributed by atoms with Crippen LogP contribution in [0.2, 0.25) is 0 Å². The van der Waals surface area contributed by atoms with Crippen molar-refractivity contribution in [2.75, 3.05) is 12.3 Å². The molecule has 0 bridgehead atoms. The molecule has 2 heterocycles. The van der Waals surface area contributed by atoms with Gasteiger partial charge in [-0.3, -0.25) is 9.59 Å². The Kier molecular flexibility index (Phi) is 3.88. The van der Waals surface area contributed by atoms with Gasteiger partial charge in [0.15, 0.2) is 0 Å². The molecule has 0 spiro atoms. The molecule has 0 unspecified atom stereocenters. The van der Waals surface area contributed by atoms with Crippen molar-refractivity contribution in [3.05, 3.63) is 71.9 Å². The van der Waals surface area contributed by atoms with Gasteiger partial charge in [-0.05, 0) is 46.2 Å². The number of carbonyl (C=O) groups excluding carboxylic acids is 2. The van der Waals surface area contributed by atoms with Crippen LogP contribution in [0.5, 0.6) is 0 Å². The fourth-order valence-electron chi connectivity index (χ4n) is 3.45. The van der Waals surface area contributed by atoms with Crippen LogP contribution in [0.1, 0.15) is 15.9 Å². The van der Waals surface area contributed by atoms with Crippen LogP contribution in [0.3, 0.4) is 0 Å². The van der Waals surface area contributed by atoms with E-state index >= 15 is 0 Å². The maximum absolute atomic E-state index is 12.7. The first-order valence-corrected chi connectivity index (χ1v) is 8.49. The summed E-state index contributed by atoms with van der Waals surface area (Å²) in [5.41, 5.74) is 14.8. The van der Waals surface area contributed by atoms with E-state index in [1.165, 1.54) is 0 Å². The van der Waals surface area contributed by atoms with Crippen molar-refractivity contribution in [3.8, 4) is 11.1 Å². The molecule has 0 atom stereocenters. The normalized spacial score (nSPS) is 13.0. The summed E-state index contributed by atoms with van der Waals surface area (Å²) in [5, 5.41) is 2.01. The molecule has 0 aliphatic carbocycles. The smallest absolute Gasteiger partial charge is 0.254 e. The van der Waals surface area contributed by atoms with Gasteiger partial charge in [-0.2, -0.15) is 0 Å². The highest BCUT2D eigenvalue weighted by atomic mass is 16.2. The second-order valence-electron chi connectivity index (χ2n) is 6.59. The van der Waals surface area contributed by atoms with E-state index in [9.17, 15) is 9.59 Å². The molecule has 0 fully saturated rings. The number of rotatable bonds is 4. The number of nitrogens with two attached hydrogens (primary N) is 2. The van der Waals surface area contributed by atoms with E-state index in [1.807, 2.05) is 42.5 Å². The van der Waals surface area contributed by atoms with E-state index in [1.54, 1.807) is 11.1 Å². The minimum absolute atomic E-state index is 0.124. The molecule has 0 saturated heterocycles. The van der Waals surface area contributed by atoms with Crippen LogP contribution in [0.15, 0.2) is 60.8 Å². The summed E-state index contributed by atoms with van der Waals surface area (Å²) in [7, 11) is 0. The van der Waals surface area contributed by atoms with E-state index in [-0.39, 0.29) is 18.0 Å². The van der Waals surface area contributed by atoms with Gasteiger partial charge in [0.1, 0.15) is 5.82 Å². The number of anilines is 1. The highest BCUT2D eigenvalue weighted by Gasteiger charge is 2.29. The highest BCUT2D eigenvalue weighted by Crippen LogP contribution is 2.34. The molecule has 2 aromatic carbocycles. The summed E-state index contributed by atoms with van der Waals surface area (Å²) >= 11 is 0. The first-order chi connectivity index (χ1) is 13.0. The minimum atomic E-state index is -0.599. The summed E-state index contributed by atoms with van der Waals surface area (Å²) in [4.78, 5) is 29.7. The van der Waals surface area contributed by atoms with Crippen LogP contribution in [-0.4, -0.2) is 28.2 Å². The zero-order valence-electron chi connectivity index (χ0n) is 14.6. The van der Waals surface area contributed by atoms with Gasteiger partial charge in [-0.25, -0.2) is 4.98 Å². The molecule has 4 N–H and O–H groups in total. The van der Waals surface area contributed by atoms with Gasteiger partial charge in [0.25, 0.3) is 5.91 Å². The van der Waals surface area contributed by atoms with E-state index in [2.05, 4.69) is 11.6 Å². The molecule has 27 heavy (non-hydrogen) atoms. The number of benzene rings is 2. The number of carbonyl (C=O) groups is 2. The summed E-state index contributed by atoms with van der Waals surface area (Å²) in [5.74, 6) is -0.265. The molecule has 1 aliphatic heterocycles. The third kappa shape index (κ3) is 2.81. The lowest BCUT2D eigenvalue weighted by molar-refractivity contribution is -0.114. The van der Waals surface area contributed by atoms with Crippen LogP contribution < -0.4 is 11.5 Å². The van der Waals surface area contributed by atoms with E-state index in [4.69, 9.17) is 11.5 Å². The summed E-state index contributed by atoms with van der Waals surface area (Å²) < 4.78 is 0. The SMILES string of the molecule is C=C(CN1Cc2c(ccc3ccc(-c4cccnc4N)cc23)C1=O)C(N)=O. The number of hydrogen-bond donors (Lipinski definition) is 2. The maximum Gasteiger partial charge on any atom is 0.254 e. The Bertz CT molecular complexity index is 1120. The molecule has 0 saturated carbocycles. The van der Waals surface area contributed by atoms with Crippen LogP contribution in [-0.2, 0) is 11.3 Å². The lowest BCUT2D eigenvalue weighted by Gasteiger charge is -2.15. The molecule has 3 aromatic rings. The fourth-order valence-corrected chi connectivity index (χ4v) is 3.45. The Hall–Kier alpha value is -3.67. The lowest BCUT2D eigenvalue weighted by Crippen LogP contribution is -2.30. The zero-order valence-corrected chi connectivity index (χ0v) is 14.6. The second kappa shape index (κ2) is 6.25.